The number of carbonyl (C=O) groups excluding carboxylic acids is 1. The topological polar surface area (TPSA) is 110 Å². The average Bonchev–Trinajstić information content (AvgIpc) is 3.31. The third kappa shape index (κ3) is 11.9. The van der Waals surface area contributed by atoms with Gasteiger partial charge in [0.05, 0.1) is 18.2 Å². The van der Waals surface area contributed by atoms with E-state index < -0.39 is 11.8 Å². The first kappa shape index (κ1) is 49.0. The van der Waals surface area contributed by atoms with Crippen molar-refractivity contribution in [2.75, 3.05) is 33.0 Å². The number of aliphatic hydroxyl groups is 2. The minimum Gasteiger partial charge on any atom is -0.490 e. The number of rotatable bonds is 29. The molecule has 1 amide bonds. The van der Waals surface area contributed by atoms with Gasteiger partial charge >= 0.3 is 0 Å². The molecule has 1 aliphatic heterocycles. The molecule has 348 valence electrons. The standard InChI is InChI=1S/C55H76N2O7/c1-5-9-10-11-12-13-14-15-16-30-52(60)57(40-43-27-23-26-41-24-17-18-28-45(41)43)51-39-49(56-63-8-4)47-37-42(25-19-21-33-58)46(29-20-22-34-59)53-48-38-44(61-35-6-2)31-32-50(48)64-55(51,54(47)53)62-36-7-3/h6-7,17-18,23-24,26-28,31-32,37-38,42,46,51,53-54,58-59H,2-3,5,8-16,19-22,25,29-30,33-36,39-40H2,1,4H3/t42-,46+,51-,53+,54+,55+/m0/s1. The fourth-order valence-corrected chi connectivity index (χ4v) is 10.8. The van der Waals surface area contributed by atoms with Gasteiger partial charge in [-0.3, -0.25) is 4.79 Å². The van der Waals surface area contributed by atoms with Gasteiger partial charge < -0.3 is 34.2 Å². The molecule has 0 radical (unpaired) electrons. The number of ether oxygens (including phenoxy) is 3. The summed E-state index contributed by atoms with van der Waals surface area (Å²) in [4.78, 5) is 23.4. The van der Waals surface area contributed by atoms with Crippen molar-refractivity contribution in [3.05, 3.63) is 109 Å². The van der Waals surface area contributed by atoms with Gasteiger partial charge in [0.2, 0.25) is 11.7 Å². The summed E-state index contributed by atoms with van der Waals surface area (Å²) in [5.74, 6) is -0.0434. The zero-order chi connectivity index (χ0) is 45.2. The summed E-state index contributed by atoms with van der Waals surface area (Å²) in [6.07, 6.45) is 22.1. The highest BCUT2D eigenvalue weighted by atomic mass is 16.7. The molecule has 3 aromatic carbocycles. The Morgan fingerprint density at radius 2 is 1.58 bits per heavy atom. The lowest BCUT2D eigenvalue weighted by Gasteiger charge is -2.60. The first-order valence-electron chi connectivity index (χ1n) is 24.6. The predicted molar refractivity (Wildman–Crippen MR) is 259 cm³/mol. The van der Waals surface area contributed by atoms with Crippen LogP contribution in [0.3, 0.4) is 0 Å². The van der Waals surface area contributed by atoms with E-state index in [-0.39, 0.29) is 49.4 Å². The predicted octanol–water partition coefficient (Wildman–Crippen LogP) is 12.0. The minimum atomic E-state index is -1.32. The van der Waals surface area contributed by atoms with Gasteiger partial charge in [-0.15, -0.1) is 6.58 Å². The Balaban J connectivity index is 1.51. The maximum absolute atomic E-state index is 15.3. The van der Waals surface area contributed by atoms with E-state index in [1.807, 2.05) is 19.1 Å². The molecule has 3 aromatic rings. The number of hydrogen-bond donors (Lipinski definition) is 2. The van der Waals surface area contributed by atoms with Crippen LogP contribution in [-0.2, 0) is 20.9 Å². The molecule has 9 heteroatoms. The van der Waals surface area contributed by atoms with E-state index in [1.54, 1.807) is 12.2 Å². The highest BCUT2D eigenvalue weighted by Gasteiger charge is 2.65. The summed E-state index contributed by atoms with van der Waals surface area (Å²) in [7, 11) is 0. The van der Waals surface area contributed by atoms with Crippen LogP contribution in [0.5, 0.6) is 11.5 Å². The van der Waals surface area contributed by atoms with Gasteiger partial charge in [0.15, 0.2) is 0 Å². The number of unbranched alkanes of at least 4 members (excludes halogenated alkanes) is 10. The number of nitrogens with zero attached hydrogens (tertiary/aromatic N) is 2. The largest absolute Gasteiger partial charge is 0.490 e. The summed E-state index contributed by atoms with van der Waals surface area (Å²) in [5.41, 5.74) is 3.94. The number of aliphatic hydroxyl groups excluding tert-OH is 2. The molecule has 0 aromatic heterocycles. The molecule has 2 aliphatic carbocycles. The quantitative estimate of drug-likeness (QED) is 0.0406. The molecule has 0 unspecified atom stereocenters. The Bertz CT molecular complexity index is 2010. The highest BCUT2D eigenvalue weighted by Crippen LogP contribution is 2.62. The van der Waals surface area contributed by atoms with Gasteiger partial charge in [-0.2, -0.15) is 0 Å². The number of allylic oxidation sites excluding steroid dienone is 1. The number of hydrogen-bond acceptors (Lipinski definition) is 8. The molecular formula is C55H76N2O7. The van der Waals surface area contributed by atoms with E-state index in [4.69, 9.17) is 24.2 Å². The zero-order valence-electron chi connectivity index (χ0n) is 38.9. The molecule has 0 spiro atoms. The Morgan fingerprint density at radius 1 is 0.859 bits per heavy atom. The molecule has 3 aliphatic rings. The molecule has 9 nitrogen and oxygen atoms in total. The minimum absolute atomic E-state index is 0.0713. The number of carbonyl (C=O) groups is 1. The van der Waals surface area contributed by atoms with Gasteiger partial charge in [0.1, 0.15) is 30.8 Å². The van der Waals surface area contributed by atoms with Crippen molar-refractivity contribution in [3.8, 4) is 11.5 Å². The van der Waals surface area contributed by atoms with Crippen LogP contribution >= 0.6 is 0 Å². The van der Waals surface area contributed by atoms with Crippen LogP contribution < -0.4 is 9.47 Å². The third-order valence-corrected chi connectivity index (χ3v) is 13.7. The zero-order valence-corrected chi connectivity index (χ0v) is 38.9. The molecule has 1 fully saturated rings. The second kappa shape index (κ2) is 25.3. The maximum Gasteiger partial charge on any atom is 0.239 e. The normalized spacial score (nSPS) is 22.8. The van der Waals surface area contributed by atoms with Gasteiger partial charge in [0.25, 0.3) is 0 Å². The van der Waals surface area contributed by atoms with E-state index in [9.17, 15) is 10.2 Å². The van der Waals surface area contributed by atoms with Crippen molar-refractivity contribution in [2.24, 2.45) is 22.9 Å². The summed E-state index contributed by atoms with van der Waals surface area (Å²) in [6, 6.07) is 20.2. The van der Waals surface area contributed by atoms with Crippen LogP contribution in [0.25, 0.3) is 10.8 Å². The molecule has 6 rings (SSSR count). The van der Waals surface area contributed by atoms with Crippen LogP contribution in [0.2, 0.25) is 0 Å². The number of fused-ring (bicyclic) bond motifs is 3. The Hall–Kier alpha value is -4.44. The van der Waals surface area contributed by atoms with Crippen LogP contribution in [0, 0.1) is 17.8 Å². The van der Waals surface area contributed by atoms with Crippen molar-refractivity contribution in [1.29, 1.82) is 0 Å². The number of amides is 1. The summed E-state index contributed by atoms with van der Waals surface area (Å²) < 4.78 is 20.9. The summed E-state index contributed by atoms with van der Waals surface area (Å²) in [5, 5.41) is 27.1. The third-order valence-electron chi connectivity index (χ3n) is 13.7. The highest BCUT2D eigenvalue weighted by molar-refractivity contribution is 6.03. The van der Waals surface area contributed by atoms with Crippen molar-refractivity contribution in [3.63, 3.8) is 0 Å². The van der Waals surface area contributed by atoms with Crippen molar-refractivity contribution < 1.29 is 34.1 Å². The van der Waals surface area contributed by atoms with E-state index >= 15 is 4.79 Å². The van der Waals surface area contributed by atoms with Gasteiger partial charge in [-0.25, -0.2) is 0 Å². The fourth-order valence-electron chi connectivity index (χ4n) is 10.8. The first-order valence-corrected chi connectivity index (χ1v) is 24.6. The summed E-state index contributed by atoms with van der Waals surface area (Å²) in [6.45, 7) is 13.8. The average molecular weight is 877 g/mol. The van der Waals surface area contributed by atoms with Gasteiger partial charge in [0, 0.05) is 44.1 Å². The Labute approximate surface area is 383 Å². The fraction of sp³-hybridized carbons (Fsp3) is 0.564. The summed E-state index contributed by atoms with van der Waals surface area (Å²) >= 11 is 0. The van der Waals surface area contributed by atoms with E-state index in [0.29, 0.717) is 44.8 Å². The Morgan fingerprint density at radius 3 is 2.31 bits per heavy atom. The lowest BCUT2D eigenvalue weighted by molar-refractivity contribution is -0.258. The van der Waals surface area contributed by atoms with Crippen LogP contribution in [-0.4, -0.2) is 71.6 Å². The molecule has 0 bridgehead atoms. The number of oxime groups is 1. The van der Waals surface area contributed by atoms with Crippen molar-refractivity contribution in [2.45, 2.75) is 147 Å². The lowest BCUT2D eigenvalue weighted by atomic mass is 9.55. The monoisotopic (exact) mass is 877 g/mol. The molecule has 1 heterocycles. The van der Waals surface area contributed by atoms with E-state index in [0.717, 1.165) is 90.3 Å². The Kier molecular flexibility index (Phi) is 19.4. The van der Waals surface area contributed by atoms with Crippen LogP contribution in [0.1, 0.15) is 140 Å². The number of benzene rings is 3. The molecular weight excluding hydrogens is 801 g/mol. The maximum atomic E-state index is 15.3. The smallest absolute Gasteiger partial charge is 0.239 e. The van der Waals surface area contributed by atoms with Gasteiger partial charge in [-0.05, 0) is 91.0 Å². The molecule has 2 N–H and O–H groups in total. The van der Waals surface area contributed by atoms with Crippen molar-refractivity contribution in [1.82, 2.24) is 4.90 Å². The molecule has 64 heavy (non-hydrogen) atoms. The van der Waals surface area contributed by atoms with Gasteiger partial charge in [-0.1, -0.05) is 144 Å². The second-order valence-electron chi connectivity index (χ2n) is 18.0. The molecule has 1 saturated carbocycles. The molecule has 6 atom stereocenters. The SMILES string of the molecule is C=CCOc1ccc2c(c1)[C@H]1[C@H](CCCCO)[C@@H](CCCCO)C=C3C(=NOCC)C[C@H](N(Cc4cccc5ccccc45)C(=O)CCCCCCCCCCC)[C@@](OCC=C)(O2)[C@H]31. The molecule has 0 saturated heterocycles. The van der Waals surface area contributed by atoms with E-state index in [1.165, 1.54) is 38.5 Å². The van der Waals surface area contributed by atoms with Crippen molar-refractivity contribution >= 4 is 22.4 Å². The van der Waals surface area contributed by atoms with Crippen LogP contribution in [0.4, 0.5) is 0 Å². The van der Waals surface area contributed by atoms with E-state index in [2.05, 4.69) is 79.6 Å². The van der Waals surface area contributed by atoms with Crippen LogP contribution in [0.15, 0.2) is 103 Å². The first-order chi connectivity index (χ1) is 31.4. The lowest BCUT2D eigenvalue weighted by Crippen LogP contribution is -2.70. The second-order valence-corrected chi connectivity index (χ2v) is 18.0.